The van der Waals surface area contributed by atoms with Crippen LogP contribution in [0.2, 0.25) is 0 Å². The van der Waals surface area contributed by atoms with Crippen LogP contribution < -0.4 is 20.9 Å². The van der Waals surface area contributed by atoms with Crippen LogP contribution in [-0.2, 0) is 25.2 Å². The number of anilines is 3. The number of sulfonamides is 1. The third kappa shape index (κ3) is 7.96. The summed E-state index contributed by atoms with van der Waals surface area (Å²) in [7, 11) is -3.38. The van der Waals surface area contributed by atoms with Crippen molar-refractivity contribution in [1.82, 2.24) is 44.6 Å². The minimum absolute atomic E-state index is 0.00357. The van der Waals surface area contributed by atoms with E-state index in [2.05, 4.69) is 59.0 Å². The summed E-state index contributed by atoms with van der Waals surface area (Å²) in [6, 6.07) is 20.4. The molecule has 0 spiro atoms. The number of carbonyl (C=O) groups is 3. The topological polar surface area (TPSA) is 214 Å². The van der Waals surface area contributed by atoms with E-state index >= 15 is 0 Å². The van der Waals surface area contributed by atoms with Gasteiger partial charge in [0.15, 0.2) is 0 Å². The molecule has 0 saturated carbocycles. The van der Waals surface area contributed by atoms with Gasteiger partial charge in [-0.25, -0.2) is 13.4 Å². The lowest BCUT2D eigenvalue weighted by Gasteiger charge is -2.52. The first-order valence-electron chi connectivity index (χ1n) is 20.9. The molecule has 5 fully saturated rings. The lowest BCUT2D eigenvalue weighted by atomic mass is 9.88. The van der Waals surface area contributed by atoms with Crippen molar-refractivity contribution in [3.05, 3.63) is 84.3 Å². The molecular formula is C43H48N12O5S. The smallest absolute Gasteiger partial charge is 0.251 e. The van der Waals surface area contributed by atoms with Crippen LogP contribution in [0, 0.1) is 11.3 Å². The molecular weight excluding hydrogens is 797 g/mol. The second-order valence-corrected chi connectivity index (χ2v) is 18.7. The van der Waals surface area contributed by atoms with Crippen molar-refractivity contribution < 1.29 is 22.8 Å². The fourth-order valence-corrected chi connectivity index (χ4v) is 10.5. The SMILES string of the molecule is CCS(=O)(=O)N1CC(CC#N)(n2cc(-c3nc(Nc4ccc(C(=O)NCCCN5CC6CCC5CN6c5ccc(C6CCC(=O)NC6=O)cc5)cc4)nc4[nH]ccc34)cn2)C1. The molecule has 61 heavy (non-hydrogen) atoms. The van der Waals surface area contributed by atoms with E-state index in [0.717, 1.165) is 49.8 Å². The van der Waals surface area contributed by atoms with Gasteiger partial charge >= 0.3 is 0 Å². The number of rotatable bonds is 14. The molecule has 17 nitrogen and oxygen atoms in total. The standard InChI is InChI=1S/C43H48N12O5S/c1-2-61(59,60)53-26-43(27-53,17-18-44)55-23-30(22-47-55)38-36-16-20-45-39(36)51-42(50-38)48-31-8-4-29(5-9-31)40(57)46-19-3-21-52-24-34-13-12-33(52)25-54(34)32-10-6-28(7-11-32)35-14-15-37(56)49-41(35)58/h4-11,16,20,22-23,33-35H,2-3,12-15,17,19,21,24-27H2,1H3,(H,46,57)(H,49,56,58)(H2,45,48,50,51). The highest BCUT2D eigenvalue weighted by Gasteiger charge is 2.50. The number of benzene rings is 2. The van der Waals surface area contributed by atoms with Crippen molar-refractivity contribution in [2.24, 2.45) is 0 Å². The number of aromatic nitrogens is 5. The Kier molecular flexibility index (Phi) is 10.8. The third-order valence-electron chi connectivity index (χ3n) is 12.7. The molecule has 5 aromatic rings. The second kappa shape index (κ2) is 16.4. The first-order valence-corrected chi connectivity index (χ1v) is 22.5. The van der Waals surface area contributed by atoms with Gasteiger partial charge in [0, 0.05) is 98.1 Å². The number of imide groups is 1. The van der Waals surface area contributed by atoms with E-state index < -0.39 is 15.6 Å². The second-order valence-electron chi connectivity index (χ2n) is 16.5. The van der Waals surface area contributed by atoms with Crippen LogP contribution in [0.3, 0.4) is 0 Å². The number of amides is 3. The molecule has 3 aromatic heterocycles. The Morgan fingerprint density at radius 2 is 1.79 bits per heavy atom. The maximum absolute atomic E-state index is 13.1. The predicted molar refractivity (Wildman–Crippen MR) is 228 cm³/mol. The molecule has 3 amide bonds. The first kappa shape index (κ1) is 40.3. The summed E-state index contributed by atoms with van der Waals surface area (Å²) in [5.74, 6) is -0.499. The lowest BCUT2D eigenvalue weighted by Crippen LogP contribution is -2.64. The van der Waals surface area contributed by atoms with Gasteiger partial charge in [0.25, 0.3) is 5.91 Å². The van der Waals surface area contributed by atoms with E-state index in [1.807, 2.05) is 30.3 Å². The van der Waals surface area contributed by atoms with Crippen LogP contribution >= 0.6 is 0 Å². The molecule has 10 rings (SSSR count). The number of carbonyl (C=O) groups excluding carboxylic acids is 3. The van der Waals surface area contributed by atoms with E-state index in [0.29, 0.717) is 65.6 Å². The number of hydrogen-bond acceptors (Lipinski definition) is 12. The summed E-state index contributed by atoms with van der Waals surface area (Å²) >= 11 is 0. The summed E-state index contributed by atoms with van der Waals surface area (Å²) in [5.41, 5.74) is 4.52. The number of nitriles is 1. The largest absolute Gasteiger partial charge is 0.366 e. The Labute approximate surface area is 353 Å². The molecule has 0 aliphatic carbocycles. The van der Waals surface area contributed by atoms with Crippen LogP contribution in [0.15, 0.2) is 73.2 Å². The molecule has 5 aliphatic rings. The van der Waals surface area contributed by atoms with Gasteiger partial charge in [-0.15, -0.1) is 0 Å². The van der Waals surface area contributed by atoms with Crippen LogP contribution in [0.4, 0.5) is 17.3 Å². The van der Waals surface area contributed by atoms with Crippen LogP contribution in [0.25, 0.3) is 22.3 Å². The maximum atomic E-state index is 13.1. The molecule has 18 heteroatoms. The van der Waals surface area contributed by atoms with E-state index in [1.54, 1.807) is 42.3 Å². The predicted octanol–water partition coefficient (Wildman–Crippen LogP) is 3.83. The van der Waals surface area contributed by atoms with Crippen molar-refractivity contribution in [1.29, 1.82) is 5.26 Å². The number of nitrogens with zero attached hydrogens (tertiary/aromatic N) is 8. The Morgan fingerprint density at radius 1 is 1.00 bits per heavy atom. The third-order valence-corrected chi connectivity index (χ3v) is 14.5. The maximum Gasteiger partial charge on any atom is 0.251 e. The monoisotopic (exact) mass is 844 g/mol. The van der Waals surface area contributed by atoms with Gasteiger partial charge in [0.05, 0.1) is 36.1 Å². The van der Waals surface area contributed by atoms with Crippen molar-refractivity contribution in [2.75, 3.05) is 55.2 Å². The fraction of sp³-hybridized carbons (Fsp3) is 0.419. The van der Waals surface area contributed by atoms with Gasteiger partial charge in [0.1, 0.15) is 11.2 Å². The average Bonchev–Trinajstić information content (AvgIpc) is 3.95. The highest BCUT2D eigenvalue weighted by atomic mass is 32.2. The van der Waals surface area contributed by atoms with Crippen molar-refractivity contribution >= 4 is 56.1 Å². The summed E-state index contributed by atoms with van der Waals surface area (Å²) < 4.78 is 28.0. The highest BCUT2D eigenvalue weighted by Crippen LogP contribution is 2.37. The molecule has 3 atom stereocenters. The first-order chi connectivity index (χ1) is 29.5. The van der Waals surface area contributed by atoms with Crippen LogP contribution in [0.1, 0.15) is 67.3 Å². The van der Waals surface area contributed by atoms with E-state index in [-0.39, 0.29) is 48.9 Å². The molecule has 3 unspecified atom stereocenters. The Hall–Kier alpha value is -6.16. The van der Waals surface area contributed by atoms with Gasteiger partial charge in [-0.05, 0) is 80.6 Å². The number of nitrogens with one attached hydrogen (secondary N) is 4. The zero-order valence-corrected chi connectivity index (χ0v) is 34.7. The zero-order chi connectivity index (χ0) is 42.3. The number of piperidine rings is 3. The minimum atomic E-state index is -3.38. The molecule has 5 saturated heterocycles. The van der Waals surface area contributed by atoms with Crippen LogP contribution in [-0.4, -0.2) is 117 Å². The van der Waals surface area contributed by atoms with E-state index in [1.165, 1.54) is 9.99 Å². The lowest BCUT2D eigenvalue weighted by molar-refractivity contribution is -0.134. The Morgan fingerprint density at radius 3 is 2.51 bits per heavy atom. The van der Waals surface area contributed by atoms with Gasteiger partial charge < -0.3 is 20.5 Å². The van der Waals surface area contributed by atoms with Crippen molar-refractivity contribution in [3.8, 4) is 17.3 Å². The molecule has 0 radical (unpaired) electrons. The fourth-order valence-electron chi connectivity index (χ4n) is 9.23. The summed E-state index contributed by atoms with van der Waals surface area (Å²) in [4.78, 5) is 54.7. The molecule has 316 valence electrons. The van der Waals surface area contributed by atoms with Gasteiger partial charge in [-0.2, -0.15) is 19.6 Å². The van der Waals surface area contributed by atoms with Crippen molar-refractivity contribution in [2.45, 2.75) is 69.0 Å². The highest BCUT2D eigenvalue weighted by molar-refractivity contribution is 7.89. The van der Waals surface area contributed by atoms with Gasteiger partial charge in [-0.1, -0.05) is 12.1 Å². The number of hydrogen-bond donors (Lipinski definition) is 4. The summed E-state index contributed by atoms with van der Waals surface area (Å²) in [6.07, 6.45) is 9.41. The number of piperazine rings is 1. The molecule has 4 N–H and O–H groups in total. The molecule has 2 aromatic carbocycles. The van der Waals surface area contributed by atoms with Crippen LogP contribution in [0.5, 0.6) is 0 Å². The molecule has 8 heterocycles. The quantitative estimate of drug-likeness (QED) is 0.0928. The Bertz CT molecular complexity index is 2610. The number of aromatic amines is 1. The van der Waals surface area contributed by atoms with E-state index in [9.17, 15) is 28.1 Å². The summed E-state index contributed by atoms with van der Waals surface area (Å²) in [5, 5.41) is 23.7. The molecule has 2 bridgehead atoms. The van der Waals surface area contributed by atoms with Gasteiger partial charge in [0.2, 0.25) is 27.8 Å². The number of fused-ring (bicyclic) bond motifs is 4. The zero-order valence-electron chi connectivity index (χ0n) is 33.9. The Balaban J connectivity index is 0.770. The van der Waals surface area contributed by atoms with Gasteiger partial charge in [-0.3, -0.25) is 29.3 Å². The average molecular weight is 845 g/mol. The minimum Gasteiger partial charge on any atom is -0.366 e. The van der Waals surface area contributed by atoms with Crippen molar-refractivity contribution in [3.63, 3.8) is 0 Å². The number of H-pyrrole nitrogens is 1. The summed E-state index contributed by atoms with van der Waals surface area (Å²) in [6.45, 7) is 5.35. The normalized spacial score (nSPS) is 21.5. The molecule has 5 aliphatic heterocycles. The van der Waals surface area contributed by atoms with E-state index in [4.69, 9.17) is 4.98 Å².